The Morgan fingerprint density at radius 2 is 1.67 bits per heavy atom. The van der Waals surface area contributed by atoms with Crippen molar-refractivity contribution >= 4 is 5.97 Å². The summed E-state index contributed by atoms with van der Waals surface area (Å²) in [5.41, 5.74) is 0. The first-order chi connectivity index (χ1) is 8.77. The Bertz CT molecular complexity index is 221. The molecule has 1 fully saturated rings. The molecule has 1 unspecified atom stereocenters. The van der Waals surface area contributed by atoms with Gasteiger partial charge in [0.15, 0.2) is 0 Å². The van der Waals surface area contributed by atoms with Crippen LogP contribution in [0.5, 0.6) is 0 Å². The first kappa shape index (κ1) is 15.5. The lowest BCUT2D eigenvalue weighted by atomic mass is 10.0. The van der Waals surface area contributed by atoms with Gasteiger partial charge in [0.25, 0.3) is 0 Å². The molecule has 2 heteroatoms. The SMILES string of the molecule is CCCCCCCCC(CCC)OC(=O)C1CC1. The zero-order valence-electron chi connectivity index (χ0n) is 12.2. The van der Waals surface area contributed by atoms with Crippen LogP contribution in [0.15, 0.2) is 0 Å². The number of ether oxygens (including phenoxy) is 1. The van der Waals surface area contributed by atoms with Crippen LogP contribution in [0.25, 0.3) is 0 Å². The van der Waals surface area contributed by atoms with E-state index < -0.39 is 0 Å². The van der Waals surface area contributed by atoms with E-state index in [9.17, 15) is 4.79 Å². The summed E-state index contributed by atoms with van der Waals surface area (Å²) in [6.45, 7) is 4.41. The van der Waals surface area contributed by atoms with Crippen molar-refractivity contribution in [1.29, 1.82) is 0 Å². The van der Waals surface area contributed by atoms with Crippen LogP contribution in [-0.4, -0.2) is 12.1 Å². The molecule has 0 aromatic rings. The molecule has 0 radical (unpaired) electrons. The summed E-state index contributed by atoms with van der Waals surface area (Å²) in [4.78, 5) is 11.6. The molecule has 1 aliphatic carbocycles. The monoisotopic (exact) mass is 254 g/mol. The van der Waals surface area contributed by atoms with E-state index in [4.69, 9.17) is 4.74 Å². The third-order valence-electron chi connectivity index (χ3n) is 3.68. The molecule has 18 heavy (non-hydrogen) atoms. The van der Waals surface area contributed by atoms with Crippen molar-refractivity contribution in [2.75, 3.05) is 0 Å². The van der Waals surface area contributed by atoms with Crippen LogP contribution in [-0.2, 0) is 9.53 Å². The Morgan fingerprint density at radius 1 is 1.00 bits per heavy atom. The predicted molar refractivity (Wildman–Crippen MR) is 75.5 cm³/mol. The maximum Gasteiger partial charge on any atom is 0.309 e. The molecule has 0 spiro atoms. The number of unbranched alkanes of at least 4 members (excludes halogenated alkanes) is 5. The van der Waals surface area contributed by atoms with E-state index in [1.807, 2.05) is 0 Å². The van der Waals surface area contributed by atoms with Crippen LogP contribution in [0, 0.1) is 5.92 Å². The molecule has 0 bridgehead atoms. The largest absolute Gasteiger partial charge is 0.462 e. The van der Waals surface area contributed by atoms with Gasteiger partial charge < -0.3 is 4.74 Å². The molecule has 1 rings (SSSR count). The molecule has 0 aromatic carbocycles. The molecule has 0 heterocycles. The van der Waals surface area contributed by atoms with E-state index >= 15 is 0 Å². The summed E-state index contributed by atoms with van der Waals surface area (Å²) in [5, 5.41) is 0. The lowest BCUT2D eigenvalue weighted by Gasteiger charge is -2.17. The minimum atomic E-state index is 0.0689. The zero-order chi connectivity index (χ0) is 13.2. The standard InChI is InChI=1S/C16H30O2/c1-3-5-6-7-8-9-11-15(10-4-2)18-16(17)14-12-13-14/h14-15H,3-13H2,1-2H3. The van der Waals surface area contributed by atoms with Crippen molar-refractivity contribution in [3.63, 3.8) is 0 Å². The zero-order valence-corrected chi connectivity index (χ0v) is 12.2. The fourth-order valence-corrected chi connectivity index (χ4v) is 2.32. The van der Waals surface area contributed by atoms with Crippen molar-refractivity contribution in [2.45, 2.75) is 90.6 Å². The van der Waals surface area contributed by atoms with Gasteiger partial charge in [0, 0.05) is 0 Å². The fourth-order valence-electron chi connectivity index (χ4n) is 2.32. The van der Waals surface area contributed by atoms with Crippen molar-refractivity contribution in [2.24, 2.45) is 5.92 Å². The quantitative estimate of drug-likeness (QED) is 0.389. The first-order valence-corrected chi connectivity index (χ1v) is 7.98. The van der Waals surface area contributed by atoms with Gasteiger partial charge in [-0.15, -0.1) is 0 Å². The second-order valence-electron chi connectivity index (χ2n) is 5.68. The van der Waals surface area contributed by atoms with Gasteiger partial charge in [-0.2, -0.15) is 0 Å². The summed E-state index contributed by atoms with van der Waals surface area (Å²) in [6.07, 6.45) is 13.4. The van der Waals surface area contributed by atoms with Gasteiger partial charge >= 0.3 is 5.97 Å². The second kappa shape index (κ2) is 9.41. The fraction of sp³-hybridized carbons (Fsp3) is 0.938. The summed E-state index contributed by atoms with van der Waals surface area (Å²) >= 11 is 0. The van der Waals surface area contributed by atoms with E-state index in [-0.39, 0.29) is 18.0 Å². The van der Waals surface area contributed by atoms with Crippen molar-refractivity contribution in [1.82, 2.24) is 0 Å². The number of rotatable bonds is 11. The van der Waals surface area contributed by atoms with Crippen LogP contribution in [0.4, 0.5) is 0 Å². The normalized spacial score (nSPS) is 16.6. The average Bonchev–Trinajstić information content (AvgIpc) is 3.17. The Morgan fingerprint density at radius 3 is 2.28 bits per heavy atom. The molecule has 106 valence electrons. The molecule has 1 saturated carbocycles. The van der Waals surface area contributed by atoms with Gasteiger partial charge in [-0.3, -0.25) is 4.79 Å². The van der Waals surface area contributed by atoms with Crippen LogP contribution in [0.2, 0.25) is 0 Å². The average molecular weight is 254 g/mol. The maximum absolute atomic E-state index is 11.6. The lowest BCUT2D eigenvalue weighted by molar-refractivity contribution is -0.151. The highest BCUT2D eigenvalue weighted by molar-refractivity contribution is 5.75. The molecule has 0 saturated heterocycles. The highest BCUT2D eigenvalue weighted by Crippen LogP contribution is 2.31. The summed E-state index contributed by atoms with van der Waals surface area (Å²) in [5.74, 6) is 0.313. The smallest absolute Gasteiger partial charge is 0.309 e. The summed E-state index contributed by atoms with van der Waals surface area (Å²) in [7, 11) is 0. The minimum absolute atomic E-state index is 0.0689. The second-order valence-corrected chi connectivity index (χ2v) is 5.68. The van der Waals surface area contributed by atoms with Crippen molar-refractivity contribution in [3.05, 3.63) is 0 Å². The highest BCUT2D eigenvalue weighted by atomic mass is 16.5. The Hall–Kier alpha value is -0.530. The Labute approximate surface area is 112 Å². The highest BCUT2D eigenvalue weighted by Gasteiger charge is 2.32. The minimum Gasteiger partial charge on any atom is -0.462 e. The molecular weight excluding hydrogens is 224 g/mol. The molecule has 0 aliphatic heterocycles. The summed E-state index contributed by atoms with van der Waals surface area (Å²) in [6, 6.07) is 0. The molecule has 0 N–H and O–H groups in total. The molecule has 1 aliphatic rings. The molecule has 1 atom stereocenters. The topological polar surface area (TPSA) is 26.3 Å². The third-order valence-corrected chi connectivity index (χ3v) is 3.68. The number of hydrogen-bond donors (Lipinski definition) is 0. The molecular formula is C16H30O2. The Kier molecular flexibility index (Phi) is 8.11. The van der Waals surface area contributed by atoms with Gasteiger partial charge in [-0.05, 0) is 32.1 Å². The molecule has 2 nitrogen and oxygen atoms in total. The van der Waals surface area contributed by atoms with Gasteiger partial charge in [-0.25, -0.2) is 0 Å². The summed E-state index contributed by atoms with van der Waals surface area (Å²) < 4.78 is 5.60. The molecule has 0 aromatic heterocycles. The van der Waals surface area contributed by atoms with E-state index in [1.54, 1.807) is 0 Å². The number of carbonyl (C=O) groups is 1. The number of hydrogen-bond acceptors (Lipinski definition) is 2. The van der Waals surface area contributed by atoms with Crippen molar-refractivity contribution < 1.29 is 9.53 Å². The number of esters is 1. The van der Waals surface area contributed by atoms with E-state index in [1.165, 1.54) is 38.5 Å². The predicted octanol–water partition coefficient (Wildman–Crippen LogP) is 4.86. The van der Waals surface area contributed by atoms with E-state index in [0.29, 0.717) is 0 Å². The Balaban J connectivity index is 2.06. The maximum atomic E-state index is 11.6. The van der Waals surface area contributed by atoms with Crippen LogP contribution >= 0.6 is 0 Å². The molecule has 0 amide bonds. The van der Waals surface area contributed by atoms with E-state index in [2.05, 4.69) is 13.8 Å². The first-order valence-electron chi connectivity index (χ1n) is 7.98. The van der Waals surface area contributed by atoms with Gasteiger partial charge in [0.2, 0.25) is 0 Å². The van der Waals surface area contributed by atoms with E-state index in [0.717, 1.165) is 32.1 Å². The van der Waals surface area contributed by atoms with Gasteiger partial charge in [0.1, 0.15) is 6.10 Å². The van der Waals surface area contributed by atoms with Crippen LogP contribution < -0.4 is 0 Å². The van der Waals surface area contributed by atoms with Crippen molar-refractivity contribution in [3.8, 4) is 0 Å². The lowest BCUT2D eigenvalue weighted by Crippen LogP contribution is -2.19. The van der Waals surface area contributed by atoms with Crippen LogP contribution in [0.1, 0.15) is 84.5 Å². The van der Waals surface area contributed by atoms with Gasteiger partial charge in [-0.1, -0.05) is 52.4 Å². The van der Waals surface area contributed by atoms with Gasteiger partial charge in [0.05, 0.1) is 5.92 Å². The third kappa shape index (κ3) is 7.03. The number of carbonyl (C=O) groups excluding carboxylic acids is 1. The van der Waals surface area contributed by atoms with Crippen LogP contribution in [0.3, 0.4) is 0 Å².